The second-order valence-electron chi connectivity index (χ2n) is 5.06. The highest BCUT2D eigenvalue weighted by Gasteiger charge is 2.22. The average Bonchev–Trinajstić information content (AvgIpc) is 2.92. The van der Waals surface area contributed by atoms with Gasteiger partial charge in [0, 0.05) is 6.54 Å². The second-order valence-corrected chi connectivity index (χ2v) is 5.06. The van der Waals surface area contributed by atoms with Crippen molar-refractivity contribution in [1.29, 1.82) is 0 Å². The van der Waals surface area contributed by atoms with Gasteiger partial charge >= 0.3 is 5.97 Å². The van der Waals surface area contributed by atoms with E-state index in [1.165, 1.54) is 12.8 Å². The van der Waals surface area contributed by atoms with E-state index in [-0.39, 0.29) is 12.6 Å². The first-order valence-electron chi connectivity index (χ1n) is 6.93. The monoisotopic (exact) mass is 279 g/mol. The van der Waals surface area contributed by atoms with Gasteiger partial charge in [-0.1, -0.05) is 6.07 Å². The summed E-state index contributed by atoms with van der Waals surface area (Å²) in [5, 5.41) is 9.18. The number of hydrogen-bond acceptors (Lipinski definition) is 4. The van der Waals surface area contributed by atoms with Crippen molar-refractivity contribution in [2.24, 2.45) is 5.73 Å². The van der Waals surface area contributed by atoms with E-state index in [4.69, 9.17) is 15.2 Å². The van der Waals surface area contributed by atoms with Crippen LogP contribution in [-0.4, -0.2) is 30.8 Å². The van der Waals surface area contributed by atoms with Gasteiger partial charge in [-0.15, -0.1) is 0 Å². The Morgan fingerprint density at radius 2 is 2.10 bits per heavy atom. The van der Waals surface area contributed by atoms with Crippen molar-refractivity contribution in [2.75, 3.05) is 13.7 Å². The molecule has 1 saturated carbocycles. The number of aliphatic carboxylic acids is 1. The lowest BCUT2D eigenvalue weighted by Gasteiger charge is -2.18. The van der Waals surface area contributed by atoms with Crippen molar-refractivity contribution in [3.05, 3.63) is 23.8 Å². The minimum Gasteiger partial charge on any atom is -0.493 e. The molecule has 1 fully saturated rings. The molecule has 0 aromatic heterocycles. The summed E-state index contributed by atoms with van der Waals surface area (Å²) in [6, 6.07) is 5.21. The van der Waals surface area contributed by atoms with Crippen LogP contribution in [0, 0.1) is 0 Å². The van der Waals surface area contributed by atoms with Crippen LogP contribution < -0.4 is 15.2 Å². The van der Waals surface area contributed by atoms with Gasteiger partial charge in [0.2, 0.25) is 0 Å². The quantitative estimate of drug-likeness (QED) is 0.833. The van der Waals surface area contributed by atoms with E-state index in [0.717, 1.165) is 12.8 Å². The maximum absolute atomic E-state index is 11.2. The maximum Gasteiger partial charge on any atom is 0.312 e. The van der Waals surface area contributed by atoms with Crippen LogP contribution in [0.4, 0.5) is 0 Å². The molecule has 3 N–H and O–H groups in total. The fourth-order valence-electron chi connectivity index (χ4n) is 2.57. The molecule has 110 valence electrons. The van der Waals surface area contributed by atoms with Gasteiger partial charge in [-0.05, 0) is 43.4 Å². The van der Waals surface area contributed by atoms with Crippen molar-refractivity contribution in [1.82, 2.24) is 0 Å². The van der Waals surface area contributed by atoms with E-state index in [9.17, 15) is 9.90 Å². The predicted molar refractivity (Wildman–Crippen MR) is 75.3 cm³/mol. The molecule has 0 spiro atoms. The Morgan fingerprint density at radius 3 is 2.65 bits per heavy atom. The van der Waals surface area contributed by atoms with E-state index in [1.54, 1.807) is 25.3 Å². The van der Waals surface area contributed by atoms with Gasteiger partial charge in [-0.25, -0.2) is 0 Å². The normalized spacial score (nSPS) is 16.9. The van der Waals surface area contributed by atoms with Crippen LogP contribution in [0.15, 0.2) is 18.2 Å². The van der Waals surface area contributed by atoms with Crippen molar-refractivity contribution in [3.8, 4) is 11.5 Å². The van der Waals surface area contributed by atoms with E-state index >= 15 is 0 Å². The van der Waals surface area contributed by atoms with Gasteiger partial charge in [0.15, 0.2) is 11.5 Å². The van der Waals surface area contributed by atoms with Crippen LogP contribution in [0.25, 0.3) is 0 Å². The Bertz CT molecular complexity index is 469. The van der Waals surface area contributed by atoms with Crippen LogP contribution >= 0.6 is 0 Å². The number of hydrogen-bond donors (Lipinski definition) is 2. The predicted octanol–water partition coefficient (Wildman–Crippen LogP) is 2.14. The zero-order chi connectivity index (χ0) is 14.5. The first kappa shape index (κ1) is 14.7. The molecule has 1 atom stereocenters. The van der Waals surface area contributed by atoms with E-state index in [1.807, 2.05) is 0 Å². The average molecular weight is 279 g/mol. The molecule has 0 radical (unpaired) electrons. The molecule has 5 nitrogen and oxygen atoms in total. The lowest BCUT2D eigenvalue weighted by Crippen LogP contribution is -2.21. The fraction of sp³-hybridized carbons (Fsp3) is 0.533. The summed E-state index contributed by atoms with van der Waals surface area (Å²) in [6.07, 6.45) is 4.61. The number of ether oxygens (including phenoxy) is 2. The van der Waals surface area contributed by atoms with E-state index in [0.29, 0.717) is 17.1 Å². The van der Waals surface area contributed by atoms with E-state index < -0.39 is 11.9 Å². The largest absolute Gasteiger partial charge is 0.493 e. The Balaban J connectivity index is 2.25. The summed E-state index contributed by atoms with van der Waals surface area (Å²) < 4.78 is 11.2. The van der Waals surface area contributed by atoms with Gasteiger partial charge in [0.25, 0.3) is 0 Å². The summed E-state index contributed by atoms with van der Waals surface area (Å²) in [6.45, 7) is 0.0601. The number of carboxylic acid groups (broad SMARTS) is 1. The van der Waals surface area contributed by atoms with Gasteiger partial charge in [-0.3, -0.25) is 4.79 Å². The molecule has 1 aromatic rings. The summed E-state index contributed by atoms with van der Waals surface area (Å²) in [5.74, 6) is -0.408. The molecule has 0 aliphatic heterocycles. The number of carboxylic acids is 1. The Morgan fingerprint density at radius 1 is 1.40 bits per heavy atom. The SMILES string of the molecule is COc1ccc(C(CN)C(=O)O)cc1OC1CCCC1. The third-order valence-corrected chi connectivity index (χ3v) is 3.72. The lowest BCUT2D eigenvalue weighted by molar-refractivity contribution is -0.138. The highest BCUT2D eigenvalue weighted by Crippen LogP contribution is 2.34. The first-order chi connectivity index (χ1) is 9.65. The molecular formula is C15H21NO4. The van der Waals surface area contributed by atoms with Crippen LogP contribution in [0.5, 0.6) is 11.5 Å². The minimum absolute atomic E-state index is 0.0601. The van der Waals surface area contributed by atoms with Crippen molar-refractivity contribution in [2.45, 2.75) is 37.7 Å². The van der Waals surface area contributed by atoms with Gasteiger partial charge in [0.1, 0.15) is 0 Å². The molecule has 20 heavy (non-hydrogen) atoms. The maximum atomic E-state index is 11.2. The molecule has 2 rings (SSSR count). The molecule has 1 unspecified atom stereocenters. The van der Waals surface area contributed by atoms with Crippen molar-refractivity contribution >= 4 is 5.97 Å². The molecule has 1 aliphatic rings. The molecule has 1 aliphatic carbocycles. The number of carbonyl (C=O) groups is 1. The molecule has 5 heteroatoms. The zero-order valence-electron chi connectivity index (χ0n) is 11.7. The summed E-state index contributed by atoms with van der Waals surface area (Å²) >= 11 is 0. The van der Waals surface area contributed by atoms with Crippen LogP contribution in [0.3, 0.4) is 0 Å². The molecule has 0 bridgehead atoms. The second kappa shape index (κ2) is 6.61. The third-order valence-electron chi connectivity index (χ3n) is 3.72. The number of rotatable bonds is 6. The van der Waals surface area contributed by atoms with Crippen LogP contribution in [0.1, 0.15) is 37.2 Å². The number of benzene rings is 1. The van der Waals surface area contributed by atoms with Crippen LogP contribution in [0.2, 0.25) is 0 Å². The molecule has 0 amide bonds. The highest BCUT2D eigenvalue weighted by molar-refractivity contribution is 5.76. The van der Waals surface area contributed by atoms with Gasteiger partial charge in [0.05, 0.1) is 19.1 Å². The van der Waals surface area contributed by atoms with E-state index in [2.05, 4.69) is 0 Å². The molecular weight excluding hydrogens is 258 g/mol. The Hall–Kier alpha value is -1.75. The zero-order valence-corrected chi connectivity index (χ0v) is 11.7. The highest BCUT2D eigenvalue weighted by atomic mass is 16.5. The minimum atomic E-state index is -0.926. The van der Waals surface area contributed by atoms with Crippen molar-refractivity contribution in [3.63, 3.8) is 0 Å². The van der Waals surface area contributed by atoms with Crippen molar-refractivity contribution < 1.29 is 19.4 Å². The molecule has 0 saturated heterocycles. The summed E-state index contributed by atoms with van der Waals surface area (Å²) in [4.78, 5) is 11.2. The lowest BCUT2D eigenvalue weighted by atomic mass is 9.99. The number of nitrogens with two attached hydrogens (primary N) is 1. The fourth-order valence-corrected chi connectivity index (χ4v) is 2.57. The van der Waals surface area contributed by atoms with Gasteiger partial charge < -0.3 is 20.3 Å². The summed E-state index contributed by atoms with van der Waals surface area (Å²) in [5.41, 5.74) is 6.18. The first-order valence-corrected chi connectivity index (χ1v) is 6.93. The Kier molecular flexibility index (Phi) is 4.84. The topological polar surface area (TPSA) is 81.8 Å². The smallest absolute Gasteiger partial charge is 0.312 e. The number of methoxy groups -OCH3 is 1. The molecule has 1 aromatic carbocycles. The summed E-state index contributed by atoms with van der Waals surface area (Å²) in [7, 11) is 1.58. The standard InChI is InChI=1S/C15H21NO4/c1-19-13-7-6-10(12(9-16)15(17)18)8-14(13)20-11-4-2-3-5-11/h6-8,11-12H,2-5,9,16H2,1H3,(H,17,18). The molecule has 0 heterocycles. The third kappa shape index (κ3) is 3.22. The Labute approximate surface area is 118 Å². The van der Waals surface area contributed by atoms with Crippen LogP contribution in [-0.2, 0) is 4.79 Å². The van der Waals surface area contributed by atoms with Gasteiger partial charge in [-0.2, -0.15) is 0 Å².